The van der Waals surface area contributed by atoms with Crippen LogP contribution in [0.15, 0.2) is 66.9 Å². The molecule has 1 N–H and O–H groups in total. The van der Waals surface area contributed by atoms with Gasteiger partial charge in [0, 0.05) is 25.0 Å². The third-order valence-electron chi connectivity index (χ3n) is 5.06. The Bertz CT molecular complexity index is 951. The minimum Gasteiger partial charge on any atom is -0.348 e. The molecule has 0 spiro atoms. The van der Waals surface area contributed by atoms with Gasteiger partial charge >= 0.3 is 6.03 Å². The fourth-order valence-corrected chi connectivity index (χ4v) is 3.95. The van der Waals surface area contributed by atoms with Crippen molar-refractivity contribution >= 4 is 23.3 Å². The number of hydrogen-bond acceptors (Lipinski definition) is 1. The van der Waals surface area contributed by atoms with Gasteiger partial charge in [-0.15, -0.1) is 0 Å². The smallest absolute Gasteiger partial charge is 0.322 e. The highest BCUT2D eigenvalue weighted by Crippen LogP contribution is 2.31. The number of aryl methyl sites for hydroxylation is 1. The van der Waals surface area contributed by atoms with Crippen LogP contribution in [0.4, 0.5) is 10.5 Å². The van der Waals surface area contributed by atoms with Gasteiger partial charge in [0.25, 0.3) is 0 Å². The first-order valence-electron chi connectivity index (χ1n) is 9.14. The standard InChI is InChI=1S/C22H22ClN3O/c1-16-9-10-19(18(23)14-16)24-22(27)26-13-12-25-11-5-8-20(25)21(26)15-17-6-3-2-4-7-17/h2-11,14,21H,12-13,15H2,1H3,(H,24,27)/t21-/m0/s1. The van der Waals surface area contributed by atoms with Crippen LogP contribution < -0.4 is 5.32 Å². The average Bonchev–Trinajstić information content (AvgIpc) is 3.14. The van der Waals surface area contributed by atoms with Crippen molar-refractivity contribution in [3.63, 3.8) is 0 Å². The molecule has 0 saturated heterocycles. The number of aromatic nitrogens is 1. The zero-order valence-corrected chi connectivity index (χ0v) is 16.0. The van der Waals surface area contributed by atoms with E-state index < -0.39 is 0 Å². The monoisotopic (exact) mass is 379 g/mol. The molecule has 4 rings (SSSR count). The van der Waals surface area contributed by atoms with Crippen molar-refractivity contribution in [1.82, 2.24) is 9.47 Å². The van der Waals surface area contributed by atoms with Gasteiger partial charge in [-0.3, -0.25) is 0 Å². The summed E-state index contributed by atoms with van der Waals surface area (Å²) in [6.07, 6.45) is 2.86. The Morgan fingerprint density at radius 3 is 2.70 bits per heavy atom. The Labute approximate surface area is 164 Å². The lowest BCUT2D eigenvalue weighted by atomic mass is 10.0. The first kappa shape index (κ1) is 17.7. The lowest BCUT2D eigenvalue weighted by Gasteiger charge is -2.37. The zero-order chi connectivity index (χ0) is 18.8. The number of nitrogens with one attached hydrogen (secondary N) is 1. The second kappa shape index (κ2) is 7.49. The molecule has 1 aromatic heterocycles. The van der Waals surface area contributed by atoms with E-state index in [1.807, 2.05) is 54.3 Å². The van der Waals surface area contributed by atoms with Crippen LogP contribution in [0.5, 0.6) is 0 Å². The van der Waals surface area contributed by atoms with E-state index in [1.165, 1.54) is 5.56 Å². The van der Waals surface area contributed by atoms with E-state index in [-0.39, 0.29) is 12.1 Å². The van der Waals surface area contributed by atoms with Gasteiger partial charge < -0.3 is 14.8 Å². The van der Waals surface area contributed by atoms with Gasteiger partial charge in [0.2, 0.25) is 0 Å². The first-order chi connectivity index (χ1) is 13.1. The summed E-state index contributed by atoms with van der Waals surface area (Å²) in [6, 6.07) is 20.0. The SMILES string of the molecule is Cc1ccc(NC(=O)N2CCn3cccc3[C@@H]2Cc2ccccc2)c(Cl)c1. The average molecular weight is 380 g/mol. The molecule has 5 heteroatoms. The summed E-state index contributed by atoms with van der Waals surface area (Å²) < 4.78 is 2.23. The van der Waals surface area contributed by atoms with E-state index in [9.17, 15) is 4.79 Å². The largest absolute Gasteiger partial charge is 0.348 e. The molecule has 4 nitrogen and oxygen atoms in total. The minimum atomic E-state index is -0.117. The molecular weight excluding hydrogens is 358 g/mol. The molecule has 3 aromatic rings. The van der Waals surface area contributed by atoms with Gasteiger partial charge in [-0.2, -0.15) is 0 Å². The summed E-state index contributed by atoms with van der Waals surface area (Å²) in [7, 11) is 0. The molecule has 27 heavy (non-hydrogen) atoms. The number of urea groups is 1. The van der Waals surface area contributed by atoms with Crippen LogP contribution in [-0.4, -0.2) is 22.0 Å². The Morgan fingerprint density at radius 2 is 1.93 bits per heavy atom. The van der Waals surface area contributed by atoms with Gasteiger partial charge in [-0.05, 0) is 48.7 Å². The van der Waals surface area contributed by atoms with Crippen LogP contribution in [-0.2, 0) is 13.0 Å². The third kappa shape index (κ3) is 3.71. The van der Waals surface area contributed by atoms with Crippen molar-refractivity contribution in [2.75, 3.05) is 11.9 Å². The highest BCUT2D eigenvalue weighted by molar-refractivity contribution is 6.33. The summed E-state index contributed by atoms with van der Waals surface area (Å²) in [6.45, 7) is 3.43. The Kier molecular flexibility index (Phi) is 4.90. The number of fused-ring (bicyclic) bond motifs is 1. The lowest BCUT2D eigenvalue weighted by Crippen LogP contribution is -2.44. The van der Waals surface area contributed by atoms with Crippen molar-refractivity contribution in [3.05, 3.63) is 88.7 Å². The fraction of sp³-hybridized carbons (Fsp3) is 0.227. The summed E-state index contributed by atoms with van der Waals surface area (Å²) >= 11 is 6.30. The Balaban J connectivity index is 1.60. The molecule has 0 unspecified atom stereocenters. The van der Waals surface area contributed by atoms with Gasteiger partial charge in [-0.25, -0.2) is 4.79 Å². The van der Waals surface area contributed by atoms with Crippen molar-refractivity contribution in [3.8, 4) is 0 Å². The van der Waals surface area contributed by atoms with Crippen molar-refractivity contribution in [2.24, 2.45) is 0 Å². The van der Waals surface area contributed by atoms with Crippen LogP contribution in [0.2, 0.25) is 5.02 Å². The number of halogens is 1. The molecule has 2 amide bonds. The second-order valence-corrected chi connectivity index (χ2v) is 7.35. The molecule has 0 aliphatic carbocycles. The van der Waals surface area contributed by atoms with E-state index >= 15 is 0 Å². The molecule has 1 atom stereocenters. The van der Waals surface area contributed by atoms with Crippen LogP contribution in [0.25, 0.3) is 0 Å². The van der Waals surface area contributed by atoms with E-state index in [2.05, 4.69) is 34.3 Å². The molecular formula is C22H22ClN3O. The molecule has 0 fully saturated rings. The first-order valence-corrected chi connectivity index (χ1v) is 9.52. The van der Waals surface area contributed by atoms with Crippen LogP contribution >= 0.6 is 11.6 Å². The zero-order valence-electron chi connectivity index (χ0n) is 15.2. The number of amides is 2. The number of nitrogens with zero attached hydrogens (tertiary/aromatic N) is 2. The van der Waals surface area contributed by atoms with E-state index in [0.29, 0.717) is 17.3 Å². The fourth-order valence-electron chi connectivity index (χ4n) is 3.67. The summed E-state index contributed by atoms with van der Waals surface area (Å²) in [5.41, 5.74) is 4.08. The molecule has 1 aliphatic rings. The maximum absolute atomic E-state index is 13.1. The molecule has 0 radical (unpaired) electrons. The van der Waals surface area contributed by atoms with Crippen LogP contribution in [0.1, 0.15) is 22.9 Å². The van der Waals surface area contributed by atoms with Crippen LogP contribution in [0, 0.1) is 6.92 Å². The van der Waals surface area contributed by atoms with Crippen molar-refractivity contribution in [1.29, 1.82) is 0 Å². The second-order valence-electron chi connectivity index (χ2n) is 6.94. The van der Waals surface area contributed by atoms with E-state index in [4.69, 9.17) is 11.6 Å². The highest BCUT2D eigenvalue weighted by atomic mass is 35.5. The van der Waals surface area contributed by atoms with Crippen LogP contribution in [0.3, 0.4) is 0 Å². The normalized spacial score (nSPS) is 16.1. The number of benzene rings is 2. The molecule has 0 bridgehead atoms. The van der Waals surface area contributed by atoms with Gasteiger partial charge in [0.15, 0.2) is 0 Å². The maximum atomic E-state index is 13.1. The summed E-state index contributed by atoms with van der Waals surface area (Å²) in [5, 5.41) is 3.55. The molecule has 1 aliphatic heterocycles. The molecule has 138 valence electrons. The highest BCUT2D eigenvalue weighted by Gasteiger charge is 2.31. The number of anilines is 1. The number of rotatable bonds is 3. The third-order valence-corrected chi connectivity index (χ3v) is 5.38. The van der Waals surface area contributed by atoms with Crippen molar-refractivity contribution in [2.45, 2.75) is 25.9 Å². The molecule has 2 aromatic carbocycles. The lowest BCUT2D eigenvalue weighted by molar-refractivity contribution is 0.167. The predicted octanol–water partition coefficient (Wildman–Crippen LogP) is 5.28. The summed E-state index contributed by atoms with van der Waals surface area (Å²) in [4.78, 5) is 15.0. The van der Waals surface area contributed by atoms with E-state index in [0.717, 1.165) is 24.2 Å². The topological polar surface area (TPSA) is 37.3 Å². The molecule has 0 saturated carbocycles. The van der Waals surface area contributed by atoms with Gasteiger partial charge in [0.05, 0.1) is 16.8 Å². The summed E-state index contributed by atoms with van der Waals surface area (Å²) in [5.74, 6) is 0. The number of carbonyl (C=O) groups excluding carboxylic acids is 1. The quantitative estimate of drug-likeness (QED) is 0.660. The molecule has 2 heterocycles. The van der Waals surface area contributed by atoms with Gasteiger partial charge in [-0.1, -0.05) is 48.0 Å². The number of hydrogen-bond donors (Lipinski definition) is 1. The number of carbonyl (C=O) groups is 1. The minimum absolute atomic E-state index is 0.0135. The Morgan fingerprint density at radius 1 is 1.11 bits per heavy atom. The maximum Gasteiger partial charge on any atom is 0.322 e. The van der Waals surface area contributed by atoms with Gasteiger partial charge in [0.1, 0.15) is 0 Å². The predicted molar refractivity (Wildman–Crippen MR) is 109 cm³/mol. The Hall–Kier alpha value is -2.72. The van der Waals surface area contributed by atoms with E-state index in [1.54, 1.807) is 0 Å². The van der Waals surface area contributed by atoms with Crippen molar-refractivity contribution < 1.29 is 4.79 Å².